The van der Waals surface area contributed by atoms with Gasteiger partial charge in [-0.1, -0.05) is 41.9 Å². The Hall–Kier alpha value is -0.935. The molecule has 0 bridgehead atoms. The van der Waals surface area contributed by atoms with E-state index in [-0.39, 0.29) is 0 Å². The maximum absolute atomic E-state index is 9.71. The number of halogens is 1. The van der Waals surface area contributed by atoms with Crippen molar-refractivity contribution in [2.45, 2.75) is 17.3 Å². The van der Waals surface area contributed by atoms with Gasteiger partial charge in [0.2, 0.25) is 0 Å². The quantitative estimate of drug-likeness (QED) is 0.696. The summed E-state index contributed by atoms with van der Waals surface area (Å²) in [6, 6.07) is 14.1. The molecule has 0 fully saturated rings. The second-order valence-electron chi connectivity index (χ2n) is 4.42. The summed E-state index contributed by atoms with van der Waals surface area (Å²) in [6.45, 7) is 0.430. The van der Waals surface area contributed by atoms with E-state index >= 15 is 0 Å². The van der Waals surface area contributed by atoms with Crippen LogP contribution < -0.4 is 5.46 Å². The molecular weight excluding hydrogens is 278 g/mol. The molecule has 0 amide bonds. The summed E-state index contributed by atoms with van der Waals surface area (Å²) < 4.78 is 5.18. The van der Waals surface area contributed by atoms with Gasteiger partial charge in [-0.05, 0) is 28.7 Å². The Morgan fingerprint density at radius 1 is 1.26 bits per heavy atom. The van der Waals surface area contributed by atoms with E-state index in [9.17, 15) is 5.02 Å². The van der Waals surface area contributed by atoms with E-state index in [1.165, 1.54) is 5.56 Å². The van der Waals surface area contributed by atoms with Gasteiger partial charge in [-0.2, -0.15) is 0 Å². The first-order valence-corrected chi connectivity index (χ1v) is 7.39. The maximum Gasteiger partial charge on any atom is 0.491 e. The second-order valence-corrected chi connectivity index (χ2v) is 5.84. The third kappa shape index (κ3) is 2.82. The number of hydrogen-bond donors (Lipinski definition) is 1. The maximum atomic E-state index is 9.71. The molecule has 0 unspecified atom stereocenters. The van der Waals surface area contributed by atoms with Crippen molar-refractivity contribution in [1.82, 2.24) is 0 Å². The fourth-order valence-corrected chi connectivity index (χ4v) is 3.34. The fourth-order valence-electron chi connectivity index (χ4n) is 2.07. The van der Waals surface area contributed by atoms with E-state index in [1.54, 1.807) is 11.8 Å². The van der Waals surface area contributed by atoms with Gasteiger partial charge in [-0.15, -0.1) is 11.8 Å². The zero-order valence-electron chi connectivity index (χ0n) is 10.2. The predicted octanol–water partition coefficient (Wildman–Crippen LogP) is 2.85. The molecule has 1 heterocycles. The SMILES string of the molecule is OB1OCc2cc(Cl)c(SCc3ccccc3)cc21. The van der Waals surface area contributed by atoms with Crippen LogP contribution in [-0.2, 0) is 17.0 Å². The first kappa shape index (κ1) is 13.1. The zero-order valence-corrected chi connectivity index (χ0v) is 11.7. The Morgan fingerprint density at radius 2 is 2.05 bits per heavy atom. The smallest absolute Gasteiger partial charge is 0.423 e. The largest absolute Gasteiger partial charge is 0.491 e. The molecule has 1 aliphatic heterocycles. The standard InChI is InChI=1S/C14H12BClO2S/c16-13-6-11-8-18-15(17)12(11)7-14(13)19-9-10-4-2-1-3-5-10/h1-7,17H,8-9H2. The first-order valence-electron chi connectivity index (χ1n) is 6.03. The lowest BCUT2D eigenvalue weighted by molar-refractivity contribution is 0.275. The third-order valence-corrected chi connectivity index (χ3v) is 4.64. The molecule has 5 heteroatoms. The van der Waals surface area contributed by atoms with E-state index in [4.69, 9.17) is 16.3 Å². The molecule has 2 aromatic carbocycles. The van der Waals surface area contributed by atoms with Crippen LogP contribution in [0, 0.1) is 0 Å². The Morgan fingerprint density at radius 3 is 2.84 bits per heavy atom. The van der Waals surface area contributed by atoms with Gasteiger partial charge in [0, 0.05) is 10.6 Å². The van der Waals surface area contributed by atoms with Crippen LogP contribution in [0.5, 0.6) is 0 Å². The molecule has 0 atom stereocenters. The van der Waals surface area contributed by atoms with Crippen LogP contribution in [0.2, 0.25) is 5.02 Å². The monoisotopic (exact) mass is 290 g/mol. The number of hydrogen-bond acceptors (Lipinski definition) is 3. The lowest BCUT2D eigenvalue weighted by Crippen LogP contribution is -2.28. The van der Waals surface area contributed by atoms with Gasteiger partial charge in [-0.25, -0.2) is 0 Å². The molecule has 0 aromatic heterocycles. The lowest BCUT2D eigenvalue weighted by Gasteiger charge is -2.07. The van der Waals surface area contributed by atoms with Crippen LogP contribution in [0.15, 0.2) is 47.4 Å². The topological polar surface area (TPSA) is 29.5 Å². The second kappa shape index (κ2) is 5.59. The molecule has 1 aliphatic rings. The normalized spacial score (nSPS) is 13.7. The third-order valence-electron chi connectivity index (χ3n) is 3.09. The van der Waals surface area contributed by atoms with Crippen molar-refractivity contribution in [1.29, 1.82) is 0 Å². The molecule has 2 aromatic rings. The van der Waals surface area contributed by atoms with Gasteiger partial charge in [0.25, 0.3) is 0 Å². The minimum absolute atomic E-state index is 0.430. The van der Waals surface area contributed by atoms with Crippen LogP contribution in [0.25, 0.3) is 0 Å². The zero-order chi connectivity index (χ0) is 13.2. The van der Waals surface area contributed by atoms with Gasteiger partial charge in [0.1, 0.15) is 0 Å². The summed E-state index contributed by atoms with van der Waals surface area (Å²) in [6.07, 6.45) is 0. The summed E-state index contributed by atoms with van der Waals surface area (Å²) in [5, 5.41) is 10.4. The average molecular weight is 291 g/mol. The van der Waals surface area contributed by atoms with Gasteiger partial charge in [-0.3, -0.25) is 0 Å². The van der Waals surface area contributed by atoms with Gasteiger partial charge in [0.15, 0.2) is 0 Å². The van der Waals surface area contributed by atoms with Gasteiger partial charge < -0.3 is 9.68 Å². The summed E-state index contributed by atoms with van der Waals surface area (Å²) >= 11 is 7.93. The van der Waals surface area contributed by atoms with Crippen molar-refractivity contribution in [2.24, 2.45) is 0 Å². The molecule has 3 rings (SSSR count). The van der Waals surface area contributed by atoms with Gasteiger partial charge in [0.05, 0.1) is 11.6 Å². The van der Waals surface area contributed by atoms with Crippen LogP contribution in [-0.4, -0.2) is 12.1 Å². The van der Waals surface area contributed by atoms with E-state index in [2.05, 4.69) is 12.1 Å². The van der Waals surface area contributed by atoms with Crippen LogP contribution in [0.1, 0.15) is 11.1 Å². The summed E-state index contributed by atoms with van der Waals surface area (Å²) in [5.41, 5.74) is 3.06. The molecule has 19 heavy (non-hydrogen) atoms. The molecule has 0 radical (unpaired) electrons. The lowest BCUT2D eigenvalue weighted by atomic mass is 9.80. The summed E-state index contributed by atoms with van der Waals surface area (Å²) in [7, 11) is -0.816. The van der Waals surface area contributed by atoms with Crippen molar-refractivity contribution in [2.75, 3.05) is 0 Å². The van der Waals surface area contributed by atoms with Crippen molar-refractivity contribution in [3.63, 3.8) is 0 Å². The molecular formula is C14H12BClO2S. The molecule has 1 N–H and O–H groups in total. The molecule has 0 aliphatic carbocycles. The van der Waals surface area contributed by atoms with E-state index < -0.39 is 7.12 Å². The number of fused-ring (bicyclic) bond motifs is 1. The van der Waals surface area contributed by atoms with Gasteiger partial charge >= 0.3 is 7.12 Å². The summed E-state index contributed by atoms with van der Waals surface area (Å²) in [5.74, 6) is 0.857. The Bertz CT molecular complexity index is 591. The fraction of sp³-hybridized carbons (Fsp3) is 0.143. The molecule has 96 valence electrons. The number of benzene rings is 2. The summed E-state index contributed by atoms with van der Waals surface area (Å²) in [4.78, 5) is 0.980. The van der Waals surface area contributed by atoms with Crippen molar-refractivity contribution in [3.8, 4) is 0 Å². The number of thioether (sulfide) groups is 1. The number of rotatable bonds is 3. The highest BCUT2D eigenvalue weighted by molar-refractivity contribution is 7.98. The highest BCUT2D eigenvalue weighted by atomic mass is 35.5. The highest BCUT2D eigenvalue weighted by Crippen LogP contribution is 2.31. The Kier molecular flexibility index (Phi) is 3.85. The molecule has 0 saturated carbocycles. The van der Waals surface area contributed by atoms with E-state index in [1.807, 2.05) is 30.3 Å². The molecule has 0 spiro atoms. The van der Waals surface area contributed by atoms with Crippen LogP contribution >= 0.6 is 23.4 Å². The molecule has 0 saturated heterocycles. The van der Waals surface area contributed by atoms with Crippen molar-refractivity contribution >= 4 is 35.9 Å². The van der Waals surface area contributed by atoms with Crippen molar-refractivity contribution in [3.05, 3.63) is 58.6 Å². The Labute approximate surface area is 121 Å². The van der Waals surface area contributed by atoms with Crippen LogP contribution in [0.3, 0.4) is 0 Å². The molecule has 2 nitrogen and oxygen atoms in total. The highest BCUT2D eigenvalue weighted by Gasteiger charge is 2.28. The van der Waals surface area contributed by atoms with Crippen LogP contribution in [0.4, 0.5) is 0 Å². The van der Waals surface area contributed by atoms with Crippen molar-refractivity contribution < 1.29 is 9.68 Å². The first-order chi connectivity index (χ1) is 9.24. The van der Waals surface area contributed by atoms with E-state index in [0.717, 1.165) is 26.7 Å². The van der Waals surface area contributed by atoms with E-state index in [0.29, 0.717) is 6.61 Å². The Balaban J connectivity index is 1.80. The average Bonchev–Trinajstić information content (AvgIpc) is 2.78. The predicted molar refractivity (Wildman–Crippen MR) is 79.9 cm³/mol. The minimum atomic E-state index is -0.816. The minimum Gasteiger partial charge on any atom is -0.423 e.